The summed E-state index contributed by atoms with van der Waals surface area (Å²) in [5.41, 5.74) is 0. The second-order valence-electron chi connectivity index (χ2n) is 9.55. The van der Waals surface area contributed by atoms with E-state index in [9.17, 15) is 74.1 Å². The van der Waals surface area contributed by atoms with Crippen molar-refractivity contribution in [1.82, 2.24) is 0 Å². The molecule has 0 spiro atoms. The SMILES string of the molecule is CCCCCCC(C)C(C(=O)O)C(C(=O)O)C(C(=O)O)C(C(=O)O)C(C(=O)O)C(C(=O)O)C(CC(=O)O)C(=O)O. The Kier molecular flexibility index (Phi) is 14.3. The third kappa shape index (κ3) is 9.50. The van der Waals surface area contributed by atoms with Crippen LogP contribution in [0.2, 0.25) is 0 Å². The molecule has 0 saturated carbocycles. The Labute approximate surface area is 227 Å². The zero-order chi connectivity index (χ0) is 31.5. The van der Waals surface area contributed by atoms with Crippen molar-refractivity contribution in [3.05, 3.63) is 0 Å². The molecule has 8 unspecified atom stereocenters. The van der Waals surface area contributed by atoms with E-state index in [2.05, 4.69) is 0 Å². The standard InChI is InChI=1S/C24H34O16/c1-3-4-5-6-7-9(2)12(19(29)30)14(21(33)34)16(23(37)38)17(24(39)40)15(22(35)36)13(20(31)32)10(18(27)28)8-11(25)26/h9-10,12-17H,3-8H2,1-2H3,(H,25,26)(H,27,28)(H,29,30)(H,31,32)(H,33,34)(H,35,36)(H,37,38)(H,39,40). The summed E-state index contributed by atoms with van der Waals surface area (Å²) in [6.45, 7) is 3.18. The van der Waals surface area contributed by atoms with Gasteiger partial charge in [0.1, 0.15) is 0 Å². The molecule has 0 heterocycles. The van der Waals surface area contributed by atoms with Crippen LogP contribution in [0.3, 0.4) is 0 Å². The molecule has 0 radical (unpaired) electrons. The monoisotopic (exact) mass is 578 g/mol. The molecule has 0 aromatic carbocycles. The molecule has 0 rings (SSSR count). The molecular formula is C24H34O16. The van der Waals surface area contributed by atoms with Gasteiger partial charge < -0.3 is 40.9 Å². The van der Waals surface area contributed by atoms with Crippen molar-refractivity contribution in [3.63, 3.8) is 0 Å². The van der Waals surface area contributed by atoms with Crippen LogP contribution in [0.1, 0.15) is 52.4 Å². The van der Waals surface area contributed by atoms with Gasteiger partial charge in [-0.1, -0.05) is 39.5 Å². The summed E-state index contributed by atoms with van der Waals surface area (Å²) in [6.07, 6.45) is 1.14. The first-order chi connectivity index (χ1) is 18.4. The van der Waals surface area contributed by atoms with E-state index in [1.54, 1.807) is 0 Å². The lowest BCUT2D eigenvalue weighted by Gasteiger charge is -2.36. The number of carboxylic acid groups (broad SMARTS) is 8. The topological polar surface area (TPSA) is 298 Å². The maximum absolute atomic E-state index is 12.4. The average molecular weight is 579 g/mol. The summed E-state index contributed by atoms with van der Waals surface area (Å²) in [4.78, 5) is 96.4. The van der Waals surface area contributed by atoms with Crippen molar-refractivity contribution in [3.8, 4) is 0 Å². The lowest BCUT2D eigenvalue weighted by molar-refractivity contribution is -0.180. The molecule has 8 N–H and O–H groups in total. The van der Waals surface area contributed by atoms with Crippen LogP contribution in [-0.2, 0) is 38.4 Å². The number of hydrogen-bond acceptors (Lipinski definition) is 8. The normalized spacial score (nSPS) is 17.1. The molecule has 0 aliphatic heterocycles. The highest BCUT2D eigenvalue weighted by Crippen LogP contribution is 2.42. The fourth-order valence-corrected chi connectivity index (χ4v) is 5.08. The Balaban J connectivity index is 7.23. The van der Waals surface area contributed by atoms with E-state index in [1.165, 1.54) is 6.92 Å². The lowest BCUT2D eigenvalue weighted by Crippen LogP contribution is -2.53. The van der Waals surface area contributed by atoms with Crippen molar-refractivity contribution >= 4 is 47.8 Å². The lowest BCUT2D eigenvalue weighted by atomic mass is 9.63. The third-order valence-electron chi connectivity index (χ3n) is 6.92. The zero-order valence-corrected chi connectivity index (χ0v) is 21.7. The van der Waals surface area contributed by atoms with Gasteiger partial charge in [0, 0.05) is 0 Å². The van der Waals surface area contributed by atoms with Crippen molar-refractivity contribution < 1.29 is 79.2 Å². The van der Waals surface area contributed by atoms with Crippen LogP contribution in [-0.4, -0.2) is 88.6 Å². The van der Waals surface area contributed by atoms with Gasteiger partial charge in [0.25, 0.3) is 0 Å². The van der Waals surface area contributed by atoms with E-state index in [-0.39, 0.29) is 6.42 Å². The molecule has 0 aliphatic carbocycles. The quantitative estimate of drug-likeness (QED) is 0.0879. The fourth-order valence-electron chi connectivity index (χ4n) is 5.08. The van der Waals surface area contributed by atoms with E-state index in [0.717, 1.165) is 12.8 Å². The molecule has 0 aromatic heterocycles. The summed E-state index contributed by atoms with van der Waals surface area (Å²) < 4.78 is 0. The van der Waals surface area contributed by atoms with Gasteiger partial charge in [-0.2, -0.15) is 0 Å². The van der Waals surface area contributed by atoms with E-state index < -0.39 is 102 Å². The summed E-state index contributed by atoms with van der Waals surface area (Å²) in [7, 11) is 0. The Morgan fingerprint density at radius 3 is 1.12 bits per heavy atom. The number of rotatable bonds is 21. The van der Waals surface area contributed by atoms with Crippen LogP contribution >= 0.6 is 0 Å². The second-order valence-corrected chi connectivity index (χ2v) is 9.55. The van der Waals surface area contributed by atoms with Gasteiger partial charge in [-0.3, -0.25) is 38.4 Å². The number of hydrogen-bond donors (Lipinski definition) is 8. The van der Waals surface area contributed by atoms with E-state index in [1.807, 2.05) is 6.92 Å². The first-order valence-electron chi connectivity index (χ1n) is 12.2. The van der Waals surface area contributed by atoms with E-state index in [0.29, 0.717) is 12.8 Å². The first kappa shape index (κ1) is 35.8. The molecule has 8 atom stereocenters. The van der Waals surface area contributed by atoms with Crippen LogP contribution in [0.5, 0.6) is 0 Å². The molecular weight excluding hydrogens is 544 g/mol. The van der Waals surface area contributed by atoms with Crippen molar-refractivity contribution in [1.29, 1.82) is 0 Å². The highest BCUT2D eigenvalue weighted by Gasteiger charge is 2.58. The van der Waals surface area contributed by atoms with Crippen LogP contribution in [0.4, 0.5) is 0 Å². The van der Waals surface area contributed by atoms with Gasteiger partial charge in [0.05, 0.1) is 47.8 Å². The summed E-state index contributed by atoms with van der Waals surface area (Å²) in [6, 6.07) is 0. The molecule has 16 heteroatoms. The van der Waals surface area contributed by atoms with Crippen LogP contribution < -0.4 is 0 Å². The highest BCUT2D eigenvalue weighted by molar-refractivity contribution is 5.93. The van der Waals surface area contributed by atoms with Gasteiger partial charge in [0.15, 0.2) is 0 Å². The van der Waals surface area contributed by atoms with Crippen LogP contribution in [0.25, 0.3) is 0 Å². The molecule has 16 nitrogen and oxygen atoms in total. The first-order valence-corrected chi connectivity index (χ1v) is 12.2. The smallest absolute Gasteiger partial charge is 0.308 e. The Morgan fingerprint density at radius 1 is 0.475 bits per heavy atom. The zero-order valence-electron chi connectivity index (χ0n) is 21.7. The van der Waals surface area contributed by atoms with Crippen molar-refractivity contribution in [2.45, 2.75) is 52.4 Å². The van der Waals surface area contributed by atoms with Gasteiger partial charge in [0.2, 0.25) is 0 Å². The maximum atomic E-state index is 12.4. The van der Waals surface area contributed by atoms with Gasteiger partial charge in [-0.25, -0.2) is 0 Å². The van der Waals surface area contributed by atoms with E-state index in [4.69, 9.17) is 5.11 Å². The highest BCUT2D eigenvalue weighted by atomic mass is 16.4. The molecule has 0 aromatic rings. The van der Waals surface area contributed by atoms with Crippen LogP contribution in [0.15, 0.2) is 0 Å². The summed E-state index contributed by atoms with van der Waals surface area (Å²) in [5, 5.41) is 77.6. The Hall–Kier alpha value is -4.24. The molecule has 226 valence electrons. The predicted octanol–water partition coefficient (Wildman–Crippen LogP) is 0.973. The van der Waals surface area contributed by atoms with Gasteiger partial charge in [-0.15, -0.1) is 0 Å². The van der Waals surface area contributed by atoms with Gasteiger partial charge in [-0.05, 0) is 12.3 Å². The largest absolute Gasteiger partial charge is 0.481 e. The molecule has 0 amide bonds. The molecule has 0 aliphatic rings. The minimum Gasteiger partial charge on any atom is -0.481 e. The number of carbonyl (C=O) groups is 8. The molecule has 0 bridgehead atoms. The van der Waals surface area contributed by atoms with Crippen LogP contribution in [0, 0.1) is 47.3 Å². The van der Waals surface area contributed by atoms with Crippen molar-refractivity contribution in [2.24, 2.45) is 47.3 Å². The van der Waals surface area contributed by atoms with Crippen molar-refractivity contribution in [2.75, 3.05) is 0 Å². The Morgan fingerprint density at radius 2 is 0.825 bits per heavy atom. The number of carboxylic acids is 8. The van der Waals surface area contributed by atoms with E-state index >= 15 is 0 Å². The number of unbranched alkanes of at least 4 members (excludes halogenated alkanes) is 3. The average Bonchev–Trinajstić information content (AvgIpc) is 2.80. The minimum atomic E-state index is -3.00. The Bertz CT molecular complexity index is 987. The maximum Gasteiger partial charge on any atom is 0.308 e. The minimum absolute atomic E-state index is 0.0740. The summed E-state index contributed by atoms with van der Waals surface area (Å²) in [5.74, 6) is -37.4. The number of aliphatic carboxylic acids is 8. The predicted molar refractivity (Wildman–Crippen MR) is 128 cm³/mol. The third-order valence-corrected chi connectivity index (χ3v) is 6.92. The molecule has 40 heavy (non-hydrogen) atoms. The second kappa shape index (κ2) is 16.0. The summed E-state index contributed by atoms with van der Waals surface area (Å²) >= 11 is 0. The van der Waals surface area contributed by atoms with Gasteiger partial charge >= 0.3 is 47.8 Å². The fraction of sp³-hybridized carbons (Fsp3) is 0.667. The molecule has 0 fully saturated rings. The molecule has 0 saturated heterocycles.